The summed E-state index contributed by atoms with van der Waals surface area (Å²) in [7, 11) is 0. The molecular weight excluding hydrogens is 234 g/mol. The average Bonchev–Trinajstić information content (AvgIpc) is 2.43. The first-order valence-corrected chi connectivity index (χ1v) is 8.38. The largest absolute Gasteiger partial charge is 0.303 e. The highest BCUT2D eigenvalue weighted by atomic mass is 15.5. The summed E-state index contributed by atoms with van der Waals surface area (Å²) in [5.74, 6) is 0.815. The van der Waals surface area contributed by atoms with Crippen LogP contribution in [-0.2, 0) is 0 Å². The highest BCUT2D eigenvalue weighted by Crippen LogP contribution is 2.24. The molecule has 2 saturated heterocycles. The second-order valence-electron chi connectivity index (χ2n) is 6.75. The van der Waals surface area contributed by atoms with Gasteiger partial charge in [-0.1, -0.05) is 13.3 Å². The molecule has 112 valence electrons. The van der Waals surface area contributed by atoms with Gasteiger partial charge in [-0.15, -0.1) is 0 Å². The molecule has 0 aromatic rings. The molecule has 0 bridgehead atoms. The molecule has 0 aromatic carbocycles. The lowest BCUT2D eigenvalue weighted by Gasteiger charge is -2.43. The fourth-order valence-electron chi connectivity index (χ4n) is 3.80. The molecule has 1 N–H and O–H groups in total. The van der Waals surface area contributed by atoms with Crippen LogP contribution in [0.2, 0.25) is 0 Å². The molecule has 4 atom stereocenters. The van der Waals surface area contributed by atoms with Gasteiger partial charge >= 0.3 is 0 Å². The molecule has 0 spiro atoms. The quantitative estimate of drug-likeness (QED) is 0.845. The second kappa shape index (κ2) is 7.05. The maximum absolute atomic E-state index is 3.84. The fourth-order valence-corrected chi connectivity index (χ4v) is 3.80. The van der Waals surface area contributed by atoms with Gasteiger partial charge in [0, 0.05) is 24.7 Å². The monoisotopic (exact) mass is 267 g/mol. The van der Waals surface area contributed by atoms with Crippen LogP contribution in [-0.4, -0.2) is 47.7 Å². The topological polar surface area (TPSA) is 18.5 Å². The normalized spacial score (nSPS) is 36.3. The van der Waals surface area contributed by atoms with Crippen molar-refractivity contribution in [3.8, 4) is 0 Å². The highest BCUT2D eigenvalue weighted by molar-refractivity contribution is 4.83. The van der Waals surface area contributed by atoms with Crippen molar-refractivity contribution in [2.24, 2.45) is 5.92 Å². The fraction of sp³-hybridized carbons (Fsp3) is 1.00. The molecule has 19 heavy (non-hydrogen) atoms. The number of nitrogens with one attached hydrogen (secondary N) is 1. The molecule has 0 aromatic heterocycles. The summed E-state index contributed by atoms with van der Waals surface area (Å²) in [4.78, 5) is 2.61. The Hall–Kier alpha value is -0.120. The van der Waals surface area contributed by atoms with E-state index in [4.69, 9.17) is 0 Å². The van der Waals surface area contributed by atoms with Gasteiger partial charge in [-0.2, -0.15) is 0 Å². The Morgan fingerprint density at radius 3 is 2.42 bits per heavy atom. The third kappa shape index (κ3) is 3.93. The van der Waals surface area contributed by atoms with E-state index in [1.54, 1.807) is 0 Å². The number of nitrogens with zero attached hydrogens (tertiary/aromatic N) is 2. The summed E-state index contributed by atoms with van der Waals surface area (Å²) >= 11 is 0. The summed E-state index contributed by atoms with van der Waals surface area (Å²) in [5, 5.41) is 2.54. The lowest BCUT2D eigenvalue weighted by atomic mass is 9.91. The van der Waals surface area contributed by atoms with Crippen molar-refractivity contribution in [1.29, 1.82) is 0 Å². The lowest BCUT2D eigenvalue weighted by molar-refractivity contribution is 0.0127. The maximum atomic E-state index is 3.84. The summed E-state index contributed by atoms with van der Waals surface area (Å²) in [6, 6.07) is 1.99. The third-order valence-electron chi connectivity index (χ3n) is 5.24. The first-order chi connectivity index (χ1) is 9.11. The molecule has 4 unspecified atom stereocenters. The van der Waals surface area contributed by atoms with Crippen LogP contribution in [0.5, 0.6) is 0 Å². The van der Waals surface area contributed by atoms with Gasteiger partial charge in [0.25, 0.3) is 0 Å². The molecule has 2 aliphatic heterocycles. The number of likely N-dealkylation sites (tertiary alicyclic amines) is 1. The van der Waals surface area contributed by atoms with Crippen LogP contribution in [0.15, 0.2) is 0 Å². The van der Waals surface area contributed by atoms with Gasteiger partial charge in [0.1, 0.15) is 0 Å². The van der Waals surface area contributed by atoms with Crippen LogP contribution in [0.25, 0.3) is 0 Å². The molecule has 2 rings (SSSR count). The minimum Gasteiger partial charge on any atom is -0.303 e. The van der Waals surface area contributed by atoms with Gasteiger partial charge in [0.15, 0.2) is 0 Å². The lowest BCUT2D eigenvalue weighted by Crippen LogP contribution is -2.57. The number of hydrazine groups is 1. The zero-order valence-corrected chi connectivity index (χ0v) is 13.4. The van der Waals surface area contributed by atoms with Crippen LogP contribution in [0, 0.1) is 5.92 Å². The van der Waals surface area contributed by atoms with E-state index in [2.05, 4.69) is 43.0 Å². The standard InChI is InChI=1S/C16H33N3/c1-5-18-11-7-10-16(12-18)15(4)17-19-13(2)8-6-9-14(19)3/h13-17H,5-12H2,1-4H3. The smallest absolute Gasteiger partial charge is 0.0227 e. The molecule has 2 aliphatic rings. The van der Waals surface area contributed by atoms with Crippen molar-refractivity contribution in [3.05, 3.63) is 0 Å². The first-order valence-electron chi connectivity index (χ1n) is 8.38. The Balaban J connectivity index is 1.86. The van der Waals surface area contributed by atoms with Crippen LogP contribution >= 0.6 is 0 Å². The van der Waals surface area contributed by atoms with Gasteiger partial charge in [0.2, 0.25) is 0 Å². The zero-order chi connectivity index (χ0) is 13.8. The van der Waals surface area contributed by atoms with Crippen molar-refractivity contribution >= 4 is 0 Å². The molecule has 2 fully saturated rings. The van der Waals surface area contributed by atoms with Crippen molar-refractivity contribution in [1.82, 2.24) is 15.3 Å². The van der Waals surface area contributed by atoms with Gasteiger partial charge in [-0.05, 0) is 65.5 Å². The first kappa shape index (κ1) is 15.3. The van der Waals surface area contributed by atoms with Crippen molar-refractivity contribution < 1.29 is 0 Å². The van der Waals surface area contributed by atoms with E-state index in [0.717, 1.165) is 5.92 Å². The van der Waals surface area contributed by atoms with E-state index in [-0.39, 0.29) is 0 Å². The van der Waals surface area contributed by atoms with Gasteiger partial charge < -0.3 is 4.90 Å². The summed E-state index contributed by atoms with van der Waals surface area (Å²) in [6.07, 6.45) is 6.84. The van der Waals surface area contributed by atoms with Crippen LogP contribution in [0.3, 0.4) is 0 Å². The Morgan fingerprint density at radius 2 is 1.79 bits per heavy atom. The zero-order valence-electron chi connectivity index (χ0n) is 13.4. The van der Waals surface area contributed by atoms with Crippen molar-refractivity contribution in [2.45, 2.75) is 77.9 Å². The summed E-state index contributed by atoms with van der Waals surface area (Å²) in [5.41, 5.74) is 3.84. The number of hydrogen-bond acceptors (Lipinski definition) is 3. The Kier molecular flexibility index (Phi) is 5.67. The number of piperidine rings is 2. The van der Waals surface area contributed by atoms with Gasteiger partial charge in [-0.3, -0.25) is 5.43 Å². The van der Waals surface area contributed by atoms with E-state index < -0.39 is 0 Å². The Morgan fingerprint density at radius 1 is 1.11 bits per heavy atom. The molecule has 2 heterocycles. The summed E-state index contributed by atoms with van der Waals surface area (Å²) < 4.78 is 0. The van der Waals surface area contributed by atoms with Gasteiger partial charge in [-0.25, -0.2) is 5.01 Å². The van der Waals surface area contributed by atoms with Crippen LogP contribution < -0.4 is 5.43 Å². The Labute approximate surface area is 119 Å². The molecule has 3 heteroatoms. The number of rotatable bonds is 4. The van der Waals surface area contributed by atoms with Crippen molar-refractivity contribution in [2.75, 3.05) is 19.6 Å². The van der Waals surface area contributed by atoms with E-state index in [1.807, 2.05) is 0 Å². The molecule has 0 saturated carbocycles. The van der Waals surface area contributed by atoms with Crippen molar-refractivity contribution in [3.63, 3.8) is 0 Å². The molecule has 0 aliphatic carbocycles. The summed E-state index contributed by atoms with van der Waals surface area (Å²) in [6.45, 7) is 13.2. The molecule has 3 nitrogen and oxygen atoms in total. The number of hydrogen-bond donors (Lipinski definition) is 1. The maximum Gasteiger partial charge on any atom is 0.0227 e. The predicted molar refractivity (Wildman–Crippen MR) is 82.0 cm³/mol. The second-order valence-corrected chi connectivity index (χ2v) is 6.75. The van der Waals surface area contributed by atoms with Crippen LogP contribution in [0.4, 0.5) is 0 Å². The van der Waals surface area contributed by atoms with E-state index in [1.165, 1.54) is 51.7 Å². The van der Waals surface area contributed by atoms with E-state index >= 15 is 0 Å². The minimum absolute atomic E-state index is 0.609. The van der Waals surface area contributed by atoms with Crippen LogP contribution in [0.1, 0.15) is 59.8 Å². The van der Waals surface area contributed by atoms with Gasteiger partial charge in [0.05, 0.1) is 0 Å². The highest BCUT2D eigenvalue weighted by Gasteiger charge is 2.29. The predicted octanol–water partition coefficient (Wildman–Crippen LogP) is 2.87. The minimum atomic E-state index is 0.609. The Bertz CT molecular complexity index is 259. The van der Waals surface area contributed by atoms with E-state index in [0.29, 0.717) is 18.1 Å². The molecule has 0 radical (unpaired) electrons. The molecule has 0 amide bonds. The third-order valence-corrected chi connectivity index (χ3v) is 5.24. The molecular formula is C16H33N3. The average molecular weight is 267 g/mol. The SMILES string of the molecule is CCN1CCCC(C(C)NN2C(C)CCCC2C)C1. The van der Waals surface area contributed by atoms with E-state index in [9.17, 15) is 0 Å².